The maximum atomic E-state index is 14.2. The minimum atomic E-state index is -5.35. The Balaban J connectivity index is 2.64. The van der Waals surface area contributed by atoms with Gasteiger partial charge in [0.15, 0.2) is 0 Å². The highest BCUT2D eigenvalue weighted by Gasteiger charge is 2.64. The van der Waals surface area contributed by atoms with Crippen LogP contribution in [0.25, 0.3) is 0 Å². The number of ether oxygens (including phenoxy) is 3. The zero-order chi connectivity index (χ0) is 23.4. The molecule has 174 valence electrons. The average Bonchev–Trinajstić information content (AvgIpc) is 3.02. The first-order valence-corrected chi connectivity index (χ1v) is 10.2. The van der Waals surface area contributed by atoms with Crippen LogP contribution < -0.4 is 10.6 Å². The van der Waals surface area contributed by atoms with Crippen LogP contribution in [0.3, 0.4) is 0 Å². The summed E-state index contributed by atoms with van der Waals surface area (Å²) in [4.78, 5) is 39.5. The number of anilines is 1. The number of thiophene rings is 1. The molecule has 2 rings (SSSR count). The number of nitrogens with zero attached hydrogens (tertiary/aromatic N) is 1. The second-order valence-electron chi connectivity index (χ2n) is 6.63. The summed E-state index contributed by atoms with van der Waals surface area (Å²) in [6, 6.07) is 0. The molecule has 2 heterocycles. The summed E-state index contributed by atoms with van der Waals surface area (Å²) in [5.74, 6) is -2.66. The number of methoxy groups -OCH3 is 1. The fraction of sp³-hybridized carbons (Fsp3) is 0.611. The molecule has 0 aliphatic carbocycles. The molecule has 0 bridgehead atoms. The van der Waals surface area contributed by atoms with Crippen molar-refractivity contribution in [2.75, 3.05) is 39.2 Å². The number of amides is 1. The number of esters is 2. The molecule has 13 heteroatoms. The first kappa shape index (κ1) is 24.7. The van der Waals surface area contributed by atoms with Crippen molar-refractivity contribution in [1.82, 2.24) is 10.2 Å². The first-order chi connectivity index (χ1) is 14.5. The number of hydrogen-bond donors (Lipinski definition) is 2. The van der Waals surface area contributed by atoms with Gasteiger partial charge in [0.1, 0.15) is 5.00 Å². The second-order valence-corrected chi connectivity index (χ2v) is 7.73. The molecule has 31 heavy (non-hydrogen) atoms. The van der Waals surface area contributed by atoms with Crippen LogP contribution in [0.1, 0.15) is 34.6 Å². The SMILES string of the molecule is CCOC(=O)N[C@@](Nc1sc2c(c1C(=O)OC)CCN(C)C2)(C(=O)OCC)C(F)(F)F. The van der Waals surface area contributed by atoms with Crippen molar-refractivity contribution in [3.63, 3.8) is 0 Å². The number of carbonyl (C=O) groups excluding carboxylic acids is 3. The standard InChI is InChI=1S/C18H24F3N3O6S/c1-5-29-15(26)17(18(19,20)21,23-16(27)30-6-2)22-13-12(14(25)28-4)10-7-8-24(3)9-11(10)31-13/h22H,5-9H2,1-4H3,(H,23,27)/t17-/m0/s1. The topological polar surface area (TPSA) is 106 Å². The smallest absolute Gasteiger partial charge is 0.442 e. The fourth-order valence-electron chi connectivity index (χ4n) is 3.06. The van der Waals surface area contributed by atoms with Crippen LogP contribution >= 0.6 is 11.3 Å². The molecular formula is C18H24F3N3O6S. The van der Waals surface area contributed by atoms with Gasteiger partial charge in [0, 0.05) is 18.0 Å². The lowest BCUT2D eigenvalue weighted by atomic mass is 10.0. The van der Waals surface area contributed by atoms with E-state index in [4.69, 9.17) is 4.74 Å². The quantitative estimate of drug-likeness (QED) is 0.358. The van der Waals surface area contributed by atoms with Gasteiger partial charge in [-0.2, -0.15) is 13.2 Å². The summed E-state index contributed by atoms with van der Waals surface area (Å²) < 4.78 is 56.7. The Bertz CT molecular complexity index is 844. The minimum Gasteiger partial charge on any atom is -0.465 e. The highest BCUT2D eigenvalue weighted by Crippen LogP contribution is 2.41. The number of likely N-dealkylation sites (N-methyl/N-ethyl adjacent to an activating group) is 1. The highest BCUT2D eigenvalue weighted by atomic mass is 32.1. The Morgan fingerprint density at radius 2 is 1.81 bits per heavy atom. The molecular weight excluding hydrogens is 443 g/mol. The number of carbonyl (C=O) groups is 3. The third-order valence-corrected chi connectivity index (χ3v) is 5.64. The van der Waals surface area contributed by atoms with Crippen molar-refractivity contribution >= 4 is 34.4 Å². The largest absolute Gasteiger partial charge is 0.465 e. The van der Waals surface area contributed by atoms with Gasteiger partial charge >= 0.3 is 29.9 Å². The summed E-state index contributed by atoms with van der Waals surface area (Å²) in [6.45, 7) is 3.09. The van der Waals surface area contributed by atoms with E-state index < -0.39 is 29.9 Å². The van der Waals surface area contributed by atoms with Crippen LogP contribution in [0.2, 0.25) is 0 Å². The predicted molar refractivity (Wildman–Crippen MR) is 105 cm³/mol. The van der Waals surface area contributed by atoms with E-state index in [1.807, 2.05) is 17.3 Å². The van der Waals surface area contributed by atoms with E-state index in [1.54, 1.807) is 5.32 Å². The lowest BCUT2D eigenvalue weighted by Crippen LogP contribution is -2.69. The van der Waals surface area contributed by atoms with Gasteiger partial charge in [-0.25, -0.2) is 14.4 Å². The van der Waals surface area contributed by atoms with Crippen LogP contribution in [0, 0.1) is 0 Å². The Morgan fingerprint density at radius 3 is 2.35 bits per heavy atom. The molecule has 2 N–H and O–H groups in total. The van der Waals surface area contributed by atoms with Crippen molar-refractivity contribution in [1.29, 1.82) is 0 Å². The van der Waals surface area contributed by atoms with Gasteiger partial charge in [-0.1, -0.05) is 0 Å². The molecule has 9 nitrogen and oxygen atoms in total. The van der Waals surface area contributed by atoms with Gasteiger partial charge in [0.2, 0.25) is 0 Å². The van der Waals surface area contributed by atoms with Crippen LogP contribution in [0.4, 0.5) is 23.0 Å². The first-order valence-electron chi connectivity index (χ1n) is 9.39. The van der Waals surface area contributed by atoms with Gasteiger partial charge in [-0.3, -0.25) is 5.32 Å². The van der Waals surface area contributed by atoms with Crippen molar-refractivity contribution in [3.8, 4) is 0 Å². The van der Waals surface area contributed by atoms with Crippen molar-refractivity contribution < 1.29 is 41.8 Å². The minimum absolute atomic E-state index is 0.112. The van der Waals surface area contributed by atoms with Crippen LogP contribution in [0.5, 0.6) is 0 Å². The lowest BCUT2D eigenvalue weighted by molar-refractivity contribution is -0.205. The molecule has 0 radical (unpaired) electrons. The average molecular weight is 467 g/mol. The van der Waals surface area contributed by atoms with Crippen molar-refractivity contribution in [2.45, 2.75) is 38.7 Å². The van der Waals surface area contributed by atoms with Crippen molar-refractivity contribution in [2.24, 2.45) is 0 Å². The Morgan fingerprint density at radius 1 is 1.16 bits per heavy atom. The molecule has 1 atom stereocenters. The van der Waals surface area contributed by atoms with Gasteiger partial charge < -0.3 is 24.4 Å². The van der Waals surface area contributed by atoms with Gasteiger partial charge in [-0.15, -0.1) is 11.3 Å². The zero-order valence-electron chi connectivity index (χ0n) is 17.5. The van der Waals surface area contributed by atoms with Gasteiger partial charge in [-0.05, 0) is 32.9 Å². The van der Waals surface area contributed by atoms with E-state index >= 15 is 0 Å². The van der Waals surface area contributed by atoms with E-state index in [-0.39, 0.29) is 23.8 Å². The second kappa shape index (κ2) is 9.73. The van der Waals surface area contributed by atoms with Gasteiger partial charge in [0.25, 0.3) is 0 Å². The number of alkyl halides is 3. The van der Waals surface area contributed by atoms with E-state index in [1.165, 1.54) is 13.8 Å². The number of alkyl carbamates (subject to hydrolysis) is 1. The summed E-state index contributed by atoms with van der Waals surface area (Å²) in [7, 11) is 2.93. The number of halogens is 3. The third-order valence-electron chi connectivity index (χ3n) is 4.51. The third kappa shape index (κ3) is 5.03. The fourth-order valence-corrected chi connectivity index (χ4v) is 4.43. The number of fused-ring (bicyclic) bond motifs is 1. The van der Waals surface area contributed by atoms with Crippen molar-refractivity contribution in [3.05, 3.63) is 16.0 Å². The number of nitrogens with one attached hydrogen (secondary N) is 2. The molecule has 0 spiro atoms. The maximum absolute atomic E-state index is 14.2. The van der Waals surface area contributed by atoms with E-state index in [9.17, 15) is 27.6 Å². The summed E-state index contributed by atoms with van der Waals surface area (Å²) >= 11 is 0.875. The molecule has 1 aromatic rings. The highest BCUT2D eigenvalue weighted by molar-refractivity contribution is 7.16. The molecule has 0 saturated carbocycles. The monoisotopic (exact) mass is 467 g/mol. The van der Waals surface area contributed by atoms with Crippen LogP contribution in [-0.2, 0) is 32.0 Å². The Hall–Kier alpha value is -2.54. The number of rotatable bonds is 7. The predicted octanol–water partition coefficient (Wildman–Crippen LogP) is 2.50. The van der Waals surface area contributed by atoms with Gasteiger partial charge in [0.05, 0.1) is 25.9 Å². The molecule has 0 unspecified atom stereocenters. The van der Waals surface area contributed by atoms with E-state index in [0.717, 1.165) is 18.4 Å². The lowest BCUT2D eigenvalue weighted by Gasteiger charge is -2.34. The normalized spacial score (nSPS) is 16.0. The molecule has 1 aliphatic rings. The molecule has 0 aromatic carbocycles. The maximum Gasteiger partial charge on any atom is 0.442 e. The van der Waals surface area contributed by atoms with Crippen LogP contribution in [0.15, 0.2) is 0 Å². The van der Waals surface area contributed by atoms with Crippen LogP contribution in [-0.4, -0.2) is 68.7 Å². The Kier molecular flexibility index (Phi) is 7.76. The molecule has 0 saturated heterocycles. The summed E-state index contributed by atoms with van der Waals surface area (Å²) in [6.07, 6.45) is -6.43. The van der Waals surface area contributed by atoms with E-state index in [2.05, 4.69) is 9.47 Å². The summed E-state index contributed by atoms with van der Waals surface area (Å²) in [5, 5.41) is 3.33. The summed E-state index contributed by atoms with van der Waals surface area (Å²) in [5.41, 5.74) is -3.26. The molecule has 1 aliphatic heterocycles. The van der Waals surface area contributed by atoms with E-state index in [0.29, 0.717) is 30.0 Å². The molecule has 0 fully saturated rings. The molecule has 1 aromatic heterocycles. The number of hydrogen-bond acceptors (Lipinski definition) is 9. The Labute approximate surface area is 180 Å². The molecule has 1 amide bonds. The zero-order valence-corrected chi connectivity index (χ0v) is 18.3.